The van der Waals surface area contributed by atoms with Gasteiger partial charge in [0.1, 0.15) is 0 Å². The zero-order valence-corrected chi connectivity index (χ0v) is 14.5. The first kappa shape index (κ1) is 17.7. The summed E-state index contributed by atoms with van der Waals surface area (Å²) in [5.41, 5.74) is 0.367. The van der Waals surface area contributed by atoms with E-state index in [1.807, 2.05) is 4.90 Å². The molecule has 1 aromatic carbocycles. The molecule has 1 saturated carbocycles. The van der Waals surface area contributed by atoms with Gasteiger partial charge in [0.25, 0.3) is 0 Å². The number of nitrogens with zero attached hydrogens (tertiary/aromatic N) is 1. The number of carbonyl (C=O) groups excluding carboxylic acids is 2. The van der Waals surface area contributed by atoms with Crippen molar-refractivity contribution in [1.29, 1.82) is 0 Å². The van der Waals surface area contributed by atoms with Crippen LogP contribution in [0.25, 0.3) is 0 Å². The van der Waals surface area contributed by atoms with Crippen LogP contribution in [0.15, 0.2) is 24.3 Å². The van der Waals surface area contributed by atoms with Gasteiger partial charge in [-0.3, -0.25) is 9.59 Å². The van der Waals surface area contributed by atoms with Gasteiger partial charge in [0, 0.05) is 35.5 Å². The fourth-order valence-corrected chi connectivity index (χ4v) is 3.44. The predicted octanol–water partition coefficient (Wildman–Crippen LogP) is 2.23. The van der Waals surface area contributed by atoms with Crippen molar-refractivity contribution in [1.82, 2.24) is 10.2 Å². The van der Waals surface area contributed by atoms with Crippen molar-refractivity contribution in [3.05, 3.63) is 34.9 Å². The molecule has 2 fully saturated rings. The topological polar surface area (TPSA) is 86.7 Å². The number of hydrogen-bond acceptors (Lipinski definition) is 3. The molecule has 134 valence electrons. The minimum absolute atomic E-state index is 0.182. The van der Waals surface area contributed by atoms with Gasteiger partial charge in [0.15, 0.2) is 6.04 Å². The first-order chi connectivity index (χ1) is 12.0. The van der Waals surface area contributed by atoms with E-state index >= 15 is 0 Å². The van der Waals surface area contributed by atoms with Crippen molar-refractivity contribution in [3.63, 3.8) is 0 Å². The van der Waals surface area contributed by atoms with Crippen LogP contribution in [-0.4, -0.2) is 40.9 Å². The number of nitrogens with one attached hydrogen (secondary N) is 1. The Labute approximate surface area is 151 Å². The first-order valence-corrected chi connectivity index (χ1v) is 8.91. The Morgan fingerprint density at radius 1 is 1.08 bits per heavy atom. The average molecular weight is 365 g/mol. The van der Waals surface area contributed by atoms with E-state index in [4.69, 9.17) is 11.6 Å². The molecule has 2 amide bonds. The third-order valence-corrected chi connectivity index (χ3v) is 5.20. The fraction of sp³-hybridized carbons (Fsp3) is 0.500. The van der Waals surface area contributed by atoms with Gasteiger partial charge in [-0.25, -0.2) is 4.79 Å². The number of benzene rings is 1. The highest BCUT2D eigenvalue weighted by atomic mass is 35.5. The Morgan fingerprint density at radius 2 is 1.72 bits per heavy atom. The lowest BCUT2D eigenvalue weighted by Gasteiger charge is -2.32. The maximum absolute atomic E-state index is 12.5. The lowest BCUT2D eigenvalue weighted by atomic mass is 9.94. The van der Waals surface area contributed by atoms with Gasteiger partial charge in [-0.2, -0.15) is 0 Å². The van der Waals surface area contributed by atoms with Crippen LogP contribution in [0, 0.1) is 11.8 Å². The van der Waals surface area contributed by atoms with Crippen molar-refractivity contribution in [2.45, 2.75) is 31.7 Å². The Hall–Kier alpha value is -2.08. The van der Waals surface area contributed by atoms with E-state index in [0.717, 1.165) is 12.8 Å². The van der Waals surface area contributed by atoms with E-state index < -0.39 is 12.0 Å². The molecule has 1 unspecified atom stereocenters. The van der Waals surface area contributed by atoms with Gasteiger partial charge in [-0.05, 0) is 31.7 Å². The van der Waals surface area contributed by atoms with Crippen LogP contribution in [0.4, 0.5) is 0 Å². The van der Waals surface area contributed by atoms with E-state index in [1.165, 1.54) is 0 Å². The summed E-state index contributed by atoms with van der Waals surface area (Å²) in [6.45, 7) is 1.11. The molecule has 0 radical (unpaired) electrons. The molecular formula is C18H21ClN2O4. The molecule has 6 nitrogen and oxygen atoms in total. The number of halogens is 1. The summed E-state index contributed by atoms with van der Waals surface area (Å²) in [6, 6.07) is 5.41. The molecule has 3 rings (SSSR count). The molecule has 1 saturated heterocycles. The van der Waals surface area contributed by atoms with Crippen molar-refractivity contribution >= 4 is 29.4 Å². The van der Waals surface area contributed by atoms with Crippen molar-refractivity contribution in [2.24, 2.45) is 11.8 Å². The Morgan fingerprint density at radius 3 is 2.28 bits per heavy atom. The lowest BCUT2D eigenvalue weighted by molar-refractivity contribution is -0.143. The first-order valence-electron chi connectivity index (χ1n) is 8.53. The van der Waals surface area contributed by atoms with E-state index in [9.17, 15) is 19.5 Å². The number of carboxylic acid groups (broad SMARTS) is 1. The second-order valence-corrected chi connectivity index (χ2v) is 7.08. The molecule has 0 bridgehead atoms. The molecule has 25 heavy (non-hydrogen) atoms. The SMILES string of the molecule is O=C(NC(C(=O)O)c1ccccc1Cl)C1CCN(C(=O)C2CC2)CC1. The predicted molar refractivity (Wildman–Crippen MR) is 92.0 cm³/mol. The number of likely N-dealkylation sites (tertiary alicyclic amines) is 1. The normalized spacial score (nSPS) is 19.3. The van der Waals surface area contributed by atoms with Crippen LogP contribution in [0.2, 0.25) is 5.02 Å². The van der Waals surface area contributed by atoms with E-state index in [-0.39, 0.29) is 23.7 Å². The maximum Gasteiger partial charge on any atom is 0.330 e. The van der Waals surface area contributed by atoms with E-state index in [2.05, 4.69) is 5.32 Å². The smallest absolute Gasteiger partial charge is 0.330 e. The fourth-order valence-electron chi connectivity index (χ4n) is 3.19. The van der Waals surface area contributed by atoms with Crippen LogP contribution in [-0.2, 0) is 14.4 Å². The van der Waals surface area contributed by atoms with Crippen LogP contribution in [0.1, 0.15) is 37.3 Å². The number of piperidine rings is 1. The number of carbonyl (C=O) groups is 3. The van der Waals surface area contributed by atoms with Crippen molar-refractivity contribution < 1.29 is 19.5 Å². The quantitative estimate of drug-likeness (QED) is 0.838. The summed E-state index contributed by atoms with van der Waals surface area (Å²) in [7, 11) is 0. The van der Waals surface area contributed by atoms with Crippen LogP contribution >= 0.6 is 11.6 Å². The number of hydrogen-bond donors (Lipinski definition) is 2. The summed E-state index contributed by atoms with van der Waals surface area (Å²) >= 11 is 6.06. The third kappa shape index (κ3) is 4.12. The Bertz CT molecular complexity index is 681. The standard InChI is InChI=1S/C18H21ClN2O4/c19-14-4-2-1-3-13(14)15(18(24)25)20-16(22)11-7-9-21(10-8-11)17(23)12-5-6-12/h1-4,11-12,15H,5-10H2,(H,20,22)(H,24,25). The summed E-state index contributed by atoms with van der Waals surface area (Å²) in [5, 5.41) is 12.4. The van der Waals surface area contributed by atoms with Gasteiger partial charge in [0.2, 0.25) is 11.8 Å². The zero-order valence-electron chi connectivity index (χ0n) is 13.8. The summed E-state index contributed by atoms with van der Waals surface area (Å²) in [5.74, 6) is -1.36. The minimum atomic E-state index is -1.17. The van der Waals surface area contributed by atoms with E-state index in [1.54, 1.807) is 24.3 Å². The van der Waals surface area contributed by atoms with Crippen molar-refractivity contribution in [3.8, 4) is 0 Å². The molecule has 0 spiro atoms. The van der Waals surface area contributed by atoms with Gasteiger partial charge in [-0.15, -0.1) is 0 Å². The highest BCUT2D eigenvalue weighted by Crippen LogP contribution is 2.32. The second kappa shape index (κ2) is 7.44. The second-order valence-electron chi connectivity index (χ2n) is 6.68. The molecule has 1 aliphatic carbocycles. The van der Waals surface area contributed by atoms with Crippen LogP contribution < -0.4 is 5.32 Å². The average Bonchev–Trinajstić information content (AvgIpc) is 3.44. The summed E-state index contributed by atoms with van der Waals surface area (Å²) < 4.78 is 0. The molecule has 1 heterocycles. The Balaban J connectivity index is 1.60. The van der Waals surface area contributed by atoms with Crippen molar-refractivity contribution in [2.75, 3.05) is 13.1 Å². The van der Waals surface area contributed by atoms with Crippen LogP contribution in [0.3, 0.4) is 0 Å². The largest absolute Gasteiger partial charge is 0.479 e. The Kier molecular flexibility index (Phi) is 5.27. The zero-order chi connectivity index (χ0) is 18.0. The molecule has 1 aliphatic heterocycles. The van der Waals surface area contributed by atoms with Gasteiger partial charge in [0.05, 0.1) is 0 Å². The van der Waals surface area contributed by atoms with Gasteiger partial charge >= 0.3 is 5.97 Å². The highest BCUT2D eigenvalue weighted by molar-refractivity contribution is 6.31. The summed E-state index contributed by atoms with van der Waals surface area (Å²) in [6.07, 6.45) is 3.05. The molecular weight excluding hydrogens is 344 g/mol. The molecule has 0 aromatic heterocycles. The lowest BCUT2D eigenvalue weighted by Crippen LogP contribution is -2.45. The minimum Gasteiger partial charge on any atom is -0.479 e. The number of aliphatic carboxylic acids is 1. The molecule has 1 aromatic rings. The molecule has 1 atom stereocenters. The molecule has 2 aliphatic rings. The third-order valence-electron chi connectivity index (χ3n) is 4.85. The van der Waals surface area contributed by atoms with Gasteiger partial charge < -0.3 is 15.3 Å². The summed E-state index contributed by atoms with van der Waals surface area (Å²) in [4.78, 5) is 37.9. The van der Waals surface area contributed by atoms with Crippen LogP contribution in [0.5, 0.6) is 0 Å². The number of carboxylic acids is 1. The number of rotatable bonds is 5. The highest BCUT2D eigenvalue weighted by Gasteiger charge is 2.36. The monoisotopic (exact) mass is 364 g/mol. The maximum atomic E-state index is 12.5. The molecule has 7 heteroatoms. The van der Waals surface area contributed by atoms with Gasteiger partial charge in [-0.1, -0.05) is 29.8 Å². The number of amides is 2. The van der Waals surface area contributed by atoms with E-state index in [0.29, 0.717) is 36.5 Å². The molecule has 2 N–H and O–H groups in total.